The molecule has 0 aliphatic rings. The highest BCUT2D eigenvalue weighted by atomic mass is 79.9. The van der Waals surface area contributed by atoms with Gasteiger partial charge in [0.05, 0.1) is 5.69 Å². The Morgan fingerprint density at radius 2 is 1.61 bits per heavy atom. The first-order chi connectivity index (χ1) is 8.77. The monoisotopic (exact) mass is 307 g/mol. The first kappa shape index (κ1) is 13.1. The molecular formula is C15H15BrFN. The summed E-state index contributed by atoms with van der Waals surface area (Å²) in [6, 6.07) is 14.9. The van der Waals surface area contributed by atoms with E-state index in [1.165, 1.54) is 6.07 Å². The lowest BCUT2D eigenvalue weighted by Gasteiger charge is -2.25. The standard InChI is InChI=1S/C15H15BrFN/c1-2-18(15-10-6-4-8-13(15)17)14-9-5-3-7-12(14)11-16/h3-10H,2,11H2,1H3. The Bertz CT molecular complexity index is 527. The van der Waals surface area contributed by atoms with Crippen LogP contribution in [0.15, 0.2) is 48.5 Å². The molecule has 0 aliphatic heterocycles. The van der Waals surface area contributed by atoms with Gasteiger partial charge in [0.15, 0.2) is 0 Å². The van der Waals surface area contributed by atoms with Crippen LogP contribution < -0.4 is 4.90 Å². The topological polar surface area (TPSA) is 3.24 Å². The predicted molar refractivity (Wildman–Crippen MR) is 78.2 cm³/mol. The molecule has 2 aromatic carbocycles. The molecule has 18 heavy (non-hydrogen) atoms. The second-order valence-electron chi connectivity index (χ2n) is 3.96. The first-order valence-corrected chi connectivity index (χ1v) is 7.06. The average molecular weight is 308 g/mol. The molecule has 0 spiro atoms. The van der Waals surface area contributed by atoms with Crippen molar-refractivity contribution in [3.8, 4) is 0 Å². The number of anilines is 2. The molecule has 0 heterocycles. The highest BCUT2D eigenvalue weighted by Gasteiger charge is 2.13. The van der Waals surface area contributed by atoms with E-state index in [0.717, 1.165) is 23.1 Å². The summed E-state index contributed by atoms with van der Waals surface area (Å²) in [7, 11) is 0. The van der Waals surface area contributed by atoms with Gasteiger partial charge in [-0.15, -0.1) is 0 Å². The molecule has 2 rings (SSSR count). The number of alkyl halides is 1. The fraction of sp³-hybridized carbons (Fsp3) is 0.200. The molecule has 0 fully saturated rings. The number of hydrogen-bond acceptors (Lipinski definition) is 1. The van der Waals surface area contributed by atoms with E-state index >= 15 is 0 Å². The Morgan fingerprint density at radius 1 is 1.00 bits per heavy atom. The largest absolute Gasteiger partial charge is 0.339 e. The maximum absolute atomic E-state index is 13.9. The molecule has 3 heteroatoms. The molecule has 0 amide bonds. The SMILES string of the molecule is CCN(c1ccccc1F)c1ccccc1CBr. The van der Waals surface area contributed by atoms with E-state index < -0.39 is 0 Å². The van der Waals surface area contributed by atoms with Crippen LogP contribution in [0.2, 0.25) is 0 Å². The van der Waals surface area contributed by atoms with Crippen molar-refractivity contribution >= 4 is 27.3 Å². The molecule has 0 saturated carbocycles. The minimum Gasteiger partial charge on any atom is -0.339 e. The predicted octanol–water partition coefficient (Wildman–Crippen LogP) is 4.88. The van der Waals surface area contributed by atoms with Gasteiger partial charge in [-0.1, -0.05) is 46.3 Å². The van der Waals surface area contributed by atoms with Gasteiger partial charge < -0.3 is 4.90 Å². The van der Waals surface area contributed by atoms with Gasteiger partial charge in [0.1, 0.15) is 5.82 Å². The van der Waals surface area contributed by atoms with Crippen molar-refractivity contribution < 1.29 is 4.39 Å². The zero-order valence-corrected chi connectivity index (χ0v) is 11.8. The van der Waals surface area contributed by atoms with E-state index in [9.17, 15) is 4.39 Å². The van der Waals surface area contributed by atoms with E-state index in [4.69, 9.17) is 0 Å². The van der Waals surface area contributed by atoms with Gasteiger partial charge in [-0.05, 0) is 30.7 Å². The quantitative estimate of drug-likeness (QED) is 0.728. The van der Waals surface area contributed by atoms with Gasteiger partial charge in [-0.3, -0.25) is 0 Å². The van der Waals surface area contributed by atoms with Crippen molar-refractivity contribution in [1.29, 1.82) is 0 Å². The van der Waals surface area contributed by atoms with Crippen LogP contribution in [0.4, 0.5) is 15.8 Å². The summed E-state index contributed by atoms with van der Waals surface area (Å²) in [5, 5.41) is 0.758. The minimum absolute atomic E-state index is 0.191. The van der Waals surface area contributed by atoms with E-state index in [1.54, 1.807) is 6.07 Å². The summed E-state index contributed by atoms with van der Waals surface area (Å²) in [5.74, 6) is -0.191. The summed E-state index contributed by atoms with van der Waals surface area (Å²) in [5.41, 5.74) is 2.82. The highest BCUT2D eigenvalue weighted by Crippen LogP contribution is 2.31. The Kier molecular flexibility index (Phi) is 4.37. The second kappa shape index (κ2) is 6.01. The van der Waals surface area contributed by atoms with Crippen LogP contribution in [0.5, 0.6) is 0 Å². The molecule has 0 aliphatic carbocycles. The third kappa shape index (κ3) is 2.56. The molecule has 0 radical (unpaired) electrons. The molecule has 0 bridgehead atoms. The number of nitrogens with zero attached hydrogens (tertiary/aromatic N) is 1. The van der Waals surface area contributed by atoms with Crippen molar-refractivity contribution in [1.82, 2.24) is 0 Å². The van der Waals surface area contributed by atoms with Crippen molar-refractivity contribution in [3.05, 3.63) is 59.9 Å². The van der Waals surface area contributed by atoms with E-state index in [0.29, 0.717) is 5.69 Å². The molecule has 0 saturated heterocycles. The zero-order valence-electron chi connectivity index (χ0n) is 10.2. The van der Waals surface area contributed by atoms with Gasteiger partial charge in [0.2, 0.25) is 0 Å². The van der Waals surface area contributed by atoms with Crippen molar-refractivity contribution in [2.24, 2.45) is 0 Å². The molecule has 94 valence electrons. The van der Waals surface area contributed by atoms with E-state index in [2.05, 4.69) is 15.9 Å². The molecule has 0 unspecified atom stereocenters. The van der Waals surface area contributed by atoms with Gasteiger partial charge >= 0.3 is 0 Å². The van der Waals surface area contributed by atoms with Crippen LogP contribution in [0.1, 0.15) is 12.5 Å². The maximum atomic E-state index is 13.9. The number of hydrogen-bond donors (Lipinski definition) is 0. The lowest BCUT2D eigenvalue weighted by molar-refractivity contribution is 0.625. The molecule has 0 atom stereocenters. The lowest BCUT2D eigenvalue weighted by atomic mass is 10.1. The average Bonchev–Trinajstić information content (AvgIpc) is 2.42. The molecule has 1 nitrogen and oxygen atoms in total. The fourth-order valence-corrected chi connectivity index (χ4v) is 2.50. The van der Waals surface area contributed by atoms with Gasteiger partial charge in [-0.25, -0.2) is 4.39 Å². The van der Waals surface area contributed by atoms with Crippen LogP contribution in [0, 0.1) is 5.82 Å². The number of rotatable bonds is 4. The summed E-state index contributed by atoms with van der Waals surface area (Å²) >= 11 is 3.48. The van der Waals surface area contributed by atoms with Crippen LogP contribution in [-0.4, -0.2) is 6.54 Å². The van der Waals surface area contributed by atoms with Crippen molar-refractivity contribution in [2.75, 3.05) is 11.4 Å². The first-order valence-electron chi connectivity index (χ1n) is 5.94. The summed E-state index contributed by atoms with van der Waals surface area (Å²) in [4.78, 5) is 1.99. The van der Waals surface area contributed by atoms with Crippen molar-refractivity contribution in [3.63, 3.8) is 0 Å². The van der Waals surface area contributed by atoms with Crippen LogP contribution in [-0.2, 0) is 5.33 Å². The summed E-state index contributed by atoms with van der Waals surface area (Å²) in [6.45, 7) is 2.75. The normalized spacial score (nSPS) is 10.4. The van der Waals surface area contributed by atoms with Gasteiger partial charge in [0.25, 0.3) is 0 Å². The van der Waals surface area contributed by atoms with Crippen LogP contribution in [0.25, 0.3) is 0 Å². The Balaban J connectivity index is 2.49. The van der Waals surface area contributed by atoms with E-state index in [-0.39, 0.29) is 5.82 Å². The second-order valence-corrected chi connectivity index (χ2v) is 4.52. The third-order valence-corrected chi connectivity index (χ3v) is 3.49. The summed E-state index contributed by atoms with van der Waals surface area (Å²) in [6.07, 6.45) is 0. The Hall–Kier alpha value is -1.35. The fourth-order valence-electron chi connectivity index (χ4n) is 2.03. The van der Waals surface area contributed by atoms with Crippen LogP contribution in [0.3, 0.4) is 0 Å². The molecule has 2 aromatic rings. The summed E-state index contributed by atoms with van der Waals surface area (Å²) < 4.78 is 13.9. The molecule has 0 N–H and O–H groups in total. The number of benzene rings is 2. The Labute approximate surface area is 115 Å². The highest BCUT2D eigenvalue weighted by molar-refractivity contribution is 9.08. The maximum Gasteiger partial charge on any atom is 0.146 e. The van der Waals surface area contributed by atoms with Crippen molar-refractivity contribution in [2.45, 2.75) is 12.3 Å². The minimum atomic E-state index is -0.191. The third-order valence-electron chi connectivity index (χ3n) is 2.89. The number of halogens is 2. The molecular weight excluding hydrogens is 293 g/mol. The Morgan fingerprint density at radius 3 is 2.22 bits per heavy atom. The lowest BCUT2D eigenvalue weighted by Crippen LogP contribution is -2.18. The van der Waals surface area contributed by atoms with Gasteiger partial charge in [0, 0.05) is 17.6 Å². The van der Waals surface area contributed by atoms with E-state index in [1.807, 2.05) is 48.2 Å². The molecule has 0 aromatic heterocycles. The van der Waals surface area contributed by atoms with Gasteiger partial charge in [-0.2, -0.15) is 0 Å². The van der Waals surface area contributed by atoms with Crippen LogP contribution >= 0.6 is 15.9 Å². The zero-order chi connectivity index (χ0) is 13.0. The number of para-hydroxylation sites is 2. The smallest absolute Gasteiger partial charge is 0.146 e.